The first-order valence-electron chi connectivity index (χ1n) is 10.7. The van der Waals surface area contributed by atoms with Crippen LogP contribution in [0.25, 0.3) is 0 Å². The van der Waals surface area contributed by atoms with Crippen LogP contribution in [0.2, 0.25) is 0 Å². The number of nitrogens with zero attached hydrogens (tertiary/aromatic N) is 1. The van der Waals surface area contributed by atoms with E-state index in [1.54, 1.807) is 14.2 Å². The van der Waals surface area contributed by atoms with Crippen LogP contribution in [0.1, 0.15) is 34.3 Å². The van der Waals surface area contributed by atoms with Crippen molar-refractivity contribution < 1.29 is 14.3 Å². The molecule has 0 radical (unpaired) electrons. The van der Waals surface area contributed by atoms with Gasteiger partial charge in [0.25, 0.3) is 5.91 Å². The van der Waals surface area contributed by atoms with Crippen LogP contribution < -0.4 is 20.7 Å². The van der Waals surface area contributed by atoms with Crippen LogP contribution in [0.3, 0.4) is 0 Å². The Kier molecular flexibility index (Phi) is 11.3. The molecule has 2 aromatic rings. The van der Waals surface area contributed by atoms with Gasteiger partial charge in [0, 0.05) is 38.9 Å². The minimum absolute atomic E-state index is 0. The molecule has 1 heterocycles. The van der Waals surface area contributed by atoms with Crippen LogP contribution in [0.5, 0.6) is 5.75 Å². The molecular weight excluding hydrogens is 519 g/mol. The van der Waals surface area contributed by atoms with Gasteiger partial charge in [0.2, 0.25) is 0 Å². The van der Waals surface area contributed by atoms with Crippen molar-refractivity contribution in [1.82, 2.24) is 16.0 Å². The summed E-state index contributed by atoms with van der Waals surface area (Å²) in [6.07, 6.45) is 3.04. The summed E-state index contributed by atoms with van der Waals surface area (Å²) < 4.78 is 11.0. The van der Waals surface area contributed by atoms with Crippen molar-refractivity contribution in [3.05, 3.63) is 65.2 Å². The van der Waals surface area contributed by atoms with Gasteiger partial charge in [0.1, 0.15) is 5.75 Å². The lowest BCUT2D eigenvalue weighted by atomic mass is 10.1. The molecule has 7 nitrogen and oxygen atoms in total. The summed E-state index contributed by atoms with van der Waals surface area (Å²) in [7, 11) is 3.43. The molecule has 2 aromatic carbocycles. The summed E-state index contributed by atoms with van der Waals surface area (Å²) in [6.45, 7) is 2.65. The molecule has 1 atom stereocenters. The first kappa shape index (κ1) is 25.9. The van der Waals surface area contributed by atoms with E-state index in [1.165, 1.54) is 0 Å². The molecule has 174 valence electrons. The SMILES string of the molecule is CN=C(NCCc1ccccc1OC)NCc1cccc(C(=O)NCC2CCCO2)c1.I. The van der Waals surface area contributed by atoms with Crippen LogP contribution in [0.4, 0.5) is 0 Å². The van der Waals surface area contributed by atoms with E-state index in [1.807, 2.05) is 42.5 Å². The number of para-hydroxylation sites is 1. The van der Waals surface area contributed by atoms with Crippen LogP contribution in [-0.4, -0.2) is 51.8 Å². The normalized spacial score (nSPS) is 15.6. The fraction of sp³-hybridized carbons (Fsp3) is 0.417. The Labute approximate surface area is 207 Å². The highest BCUT2D eigenvalue weighted by Crippen LogP contribution is 2.17. The molecule has 8 heteroatoms. The predicted molar refractivity (Wildman–Crippen MR) is 138 cm³/mol. The molecule has 1 amide bonds. The largest absolute Gasteiger partial charge is 0.496 e. The van der Waals surface area contributed by atoms with Gasteiger partial charge in [-0.3, -0.25) is 9.79 Å². The van der Waals surface area contributed by atoms with Crippen molar-refractivity contribution in [3.8, 4) is 5.75 Å². The topological polar surface area (TPSA) is 84.0 Å². The molecule has 1 fully saturated rings. The van der Waals surface area contributed by atoms with E-state index in [0.29, 0.717) is 24.6 Å². The second kappa shape index (κ2) is 13.9. The van der Waals surface area contributed by atoms with E-state index in [4.69, 9.17) is 9.47 Å². The van der Waals surface area contributed by atoms with E-state index < -0.39 is 0 Å². The standard InChI is InChI=1S/C24H32N4O3.HI/c1-25-24(26-13-12-19-8-3-4-11-22(19)30-2)28-16-18-7-5-9-20(15-18)23(29)27-17-21-10-6-14-31-21;/h3-5,7-9,11,15,21H,6,10,12-14,16-17H2,1-2H3,(H,27,29)(H2,25,26,28);1H. The van der Waals surface area contributed by atoms with Crippen LogP contribution in [0.15, 0.2) is 53.5 Å². The quantitative estimate of drug-likeness (QED) is 0.253. The highest BCUT2D eigenvalue weighted by molar-refractivity contribution is 14.0. The number of hydrogen-bond acceptors (Lipinski definition) is 4. The Morgan fingerprint density at radius 1 is 1.16 bits per heavy atom. The molecule has 1 aliphatic rings. The number of nitrogens with one attached hydrogen (secondary N) is 3. The number of benzene rings is 2. The van der Waals surface area contributed by atoms with E-state index in [2.05, 4.69) is 27.0 Å². The highest BCUT2D eigenvalue weighted by Gasteiger charge is 2.16. The van der Waals surface area contributed by atoms with Gasteiger partial charge in [0.15, 0.2) is 5.96 Å². The Hall–Kier alpha value is -2.33. The summed E-state index contributed by atoms with van der Waals surface area (Å²) in [5.41, 5.74) is 2.81. The maximum atomic E-state index is 12.4. The lowest BCUT2D eigenvalue weighted by molar-refractivity contribution is 0.0857. The summed E-state index contributed by atoms with van der Waals surface area (Å²) in [5, 5.41) is 9.58. The highest BCUT2D eigenvalue weighted by atomic mass is 127. The number of rotatable bonds is 9. The third-order valence-electron chi connectivity index (χ3n) is 5.27. The molecule has 0 saturated carbocycles. The third kappa shape index (κ3) is 7.98. The molecule has 1 aliphatic heterocycles. The monoisotopic (exact) mass is 552 g/mol. The Morgan fingerprint density at radius 2 is 2.00 bits per heavy atom. The minimum atomic E-state index is -0.0725. The van der Waals surface area contributed by atoms with Gasteiger partial charge >= 0.3 is 0 Å². The van der Waals surface area contributed by atoms with Gasteiger partial charge < -0.3 is 25.4 Å². The van der Waals surface area contributed by atoms with Gasteiger partial charge in [-0.05, 0) is 48.6 Å². The molecule has 32 heavy (non-hydrogen) atoms. The zero-order valence-corrected chi connectivity index (χ0v) is 21.1. The van der Waals surface area contributed by atoms with E-state index in [-0.39, 0.29) is 36.0 Å². The second-order valence-corrected chi connectivity index (χ2v) is 7.46. The first-order valence-corrected chi connectivity index (χ1v) is 10.7. The maximum Gasteiger partial charge on any atom is 0.251 e. The molecule has 0 aliphatic carbocycles. The molecule has 1 unspecified atom stereocenters. The molecule has 1 saturated heterocycles. The number of halogens is 1. The zero-order valence-electron chi connectivity index (χ0n) is 18.7. The molecular formula is C24H33IN4O3. The molecule has 3 N–H and O–H groups in total. The van der Waals surface area contributed by atoms with Crippen LogP contribution in [-0.2, 0) is 17.7 Å². The number of aliphatic imine (C=N–C) groups is 1. The number of carbonyl (C=O) groups excluding carboxylic acids is 1. The van der Waals surface area contributed by atoms with Gasteiger partial charge in [-0.2, -0.15) is 0 Å². The number of amides is 1. The lowest BCUT2D eigenvalue weighted by Gasteiger charge is -2.14. The van der Waals surface area contributed by atoms with Crippen molar-refractivity contribution in [2.24, 2.45) is 4.99 Å². The zero-order chi connectivity index (χ0) is 21.9. The van der Waals surface area contributed by atoms with Crippen molar-refractivity contribution in [1.29, 1.82) is 0 Å². The Morgan fingerprint density at radius 3 is 2.75 bits per heavy atom. The number of methoxy groups -OCH3 is 1. The maximum absolute atomic E-state index is 12.4. The van der Waals surface area contributed by atoms with E-state index in [9.17, 15) is 4.79 Å². The molecule has 0 bridgehead atoms. The van der Waals surface area contributed by atoms with Crippen molar-refractivity contribution in [3.63, 3.8) is 0 Å². The van der Waals surface area contributed by atoms with Crippen molar-refractivity contribution >= 4 is 35.8 Å². The van der Waals surface area contributed by atoms with Gasteiger partial charge in [-0.1, -0.05) is 30.3 Å². The summed E-state index contributed by atoms with van der Waals surface area (Å²) in [5.74, 6) is 1.53. The summed E-state index contributed by atoms with van der Waals surface area (Å²) in [4.78, 5) is 16.7. The summed E-state index contributed by atoms with van der Waals surface area (Å²) in [6, 6.07) is 15.6. The number of carbonyl (C=O) groups is 1. The van der Waals surface area contributed by atoms with E-state index >= 15 is 0 Å². The van der Waals surface area contributed by atoms with Gasteiger partial charge in [-0.15, -0.1) is 24.0 Å². The smallest absolute Gasteiger partial charge is 0.251 e. The fourth-order valence-electron chi connectivity index (χ4n) is 3.57. The minimum Gasteiger partial charge on any atom is -0.496 e. The van der Waals surface area contributed by atoms with Crippen molar-refractivity contribution in [2.45, 2.75) is 31.9 Å². The number of hydrogen-bond donors (Lipinski definition) is 3. The average molecular weight is 552 g/mol. The first-order chi connectivity index (χ1) is 15.2. The Balaban J connectivity index is 0.00000363. The molecule has 0 aromatic heterocycles. The van der Waals surface area contributed by atoms with Gasteiger partial charge in [0.05, 0.1) is 13.2 Å². The summed E-state index contributed by atoms with van der Waals surface area (Å²) >= 11 is 0. The van der Waals surface area contributed by atoms with Crippen LogP contribution >= 0.6 is 24.0 Å². The second-order valence-electron chi connectivity index (χ2n) is 7.46. The number of guanidine groups is 1. The third-order valence-corrected chi connectivity index (χ3v) is 5.27. The fourth-order valence-corrected chi connectivity index (χ4v) is 3.57. The molecule has 3 rings (SSSR count). The van der Waals surface area contributed by atoms with Crippen molar-refractivity contribution in [2.75, 3.05) is 33.9 Å². The van der Waals surface area contributed by atoms with Crippen LogP contribution in [0, 0.1) is 0 Å². The lowest BCUT2D eigenvalue weighted by Crippen LogP contribution is -2.38. The number of ether oxygens (including phenoxy) is 2. The van der Waals surface area contributed by atoms with E-state index in [0.717, 1.165) is 49.3 Å². The predicted octanol–water partition coefficient (Wildman–Crippen LogP) is 3.13. The molecule has 0 spiro atoms. The van der Waals surface area contributed by atoms with Gasteiger partial charge in [-0.25, -0.2) is 0 Å². The average Bonchev–Trinajstić information content (AvgIpc) is 3.34. The Bertz CT molecular complexity index is 885.